The van der Waals surface area contributed by atoms with Crippen LogP contribution in [0.1, 0.15) is 41.5 Å². The van der Waals surface area contributed by atoms with Crippen molar-refractivity contribution in [1.82, 2.24) is 0 Å². The van der Waals surface area contributed by atoms with Crippen LogP contribution in [0.5, 0.6) is 0 Å². The highest BCUT2D eigenvalue weighted by atomic mass is 15.2. The van der Waals surface area contributed by atoms with Crippen molar-refractivity contribution in [2.45, 2.75) is 52.6 Å². The van der Waals surface area contributed by atoms with Crippen LogP contribution in [-0.4, -0.2) is 17.4 Å². The lowest BCUT2D eigenvalue weighted by Crippen LogP contribution is -2.10. The molecule has 0 atom stereocenters. The van der Waals surface area contributed by atoms with Crippen molar-refractivity contribution in [1.29, 1.82) is 0 Å². The Bertz CT molecular complexity index is 157. The fourth-order valence-electron chi connectivity index (χ4n) is 0.398. The van der Waals surface area contributed by atoms with Crippen molar-refractivity contribution in [3.05, 3.63) is 0 Å². The van der Waals surface area contributed by atoms with Crippen molar-refractivity contribution >= 4 is 6.34 Å². The van der Waals surface area contributed by atoms with Crippen molar-refractivity contribution in [2.24, 2.45) is 15.2 Å². The van der Waals surface area contributed by atoms with E-state index in [4.69, 9.17) is 0 Å². The molecule has 0 radical (unpaired) electrons. The summed E-state index contributed by atoms with van der Waals surface area (Å²) in [4.78, 5) is 4.17. The molecule has 0 aromatic heterocycles. The number of hydrogen-bond donors (Lipinski definition) is 0. The smallest absolute Gasteiger partial charge is 0.132 e. The van der Waals surface area contributed by atoms with Gasteiger partial charge in [0.25, 0.3) is 0 Å². The average Bonchev–Trinajstić information content (AvgIpc) is 1.76. The van der Waals surface area contributed by atoms with E-state index < -0.39 is 0 Å². The molecule has 0 rings (SSSR count). The van der Waals surface area contributed by atoms with E-state index in [0.29, 0.717) is 0 Å². The second kappa shape index (κ2) is 3.78. The molecule has 70 valence electrons. The van der Waals surface area contributed by atoms with E-state index in [1.807, 2.05) is 41.5 Å². The predicted octanol–water partition coefficient (Wildman–Crippen LogP) is 3.06. The van der Waals surface area contributed by atoms with Gasteiger partial charge in [-0.3, -0.25) is 4.99 Å². The summed E-state index contributed by atoms with van der Waals surface area (Å²) in [5.41, 5.74) is -0.166. The Hall–Kier alpha value is -0.730. The zero-order valence-electron chi connectivity index (χ0n) is 8.92. The molecule has 12 heavy (non-hydrogen) atoms. The summed E-state index contributed by atoms with van der Waals surface area (Å²) in [6, 6.07) is 0. The minimum atomic E-state index is -0.107. The third-order valence-electron chi connectivity index (χ3n) is 0.854. The minimum absolute atomic E-state index is 0.0586. The molecule has 0 N–H and O–H groups in total. The second-order valence-electron chi connectivity index (χ2n) is 4.80. The van der Waals surface area contributed by atoms with Crippen LogP contribution in [0.2, 0.25) is 0 Å². The number of nitrogens with zero attached hydrogens (tertiary/aromatic N) is 3. The van der Waals surface area contributed by atoms with Crippen molar-refractivity contribution < 1.29 is 0 Å². The van der Waals surface area contributed by atoms with E-state index >= 15 is 0 Å². The van der Waals surface area contributed by atoms with Gasteiger partial charge in [-0.25, -0.2) is 0 Å². The predicted molar refractivity (Wildman–Crippen MR) is 52.9 cm³/mol. The summed E-state index contributed by atoms with van der Waals surface area (Å²) >= 11 is 0. The maximum atomic E-state index is 4.17. The Morgan fingerprint density at radius 2 is 1.33 bits per heavy atom. The summed E-state index contributed by atoms with van der Waals surface area (Å²) in [5.74, 6) is 0. The van der Waals surface area contributed by atoms with Crippen molar-refractivity contribution in [3.63, 3.8) is 0 Å². The van der Waals surface area contributed by atoms with E-state index in [0.717, 1.165) is 0 Å². The largest absolute Gasteiger partial charge is 0.266 e. The Kier molecular flexibility index (Phi) is 3.55. The molecule has 0 unspecified atom stereocenters. The highest BCUT2D eigenvalue weighted by Crippen LogP contribution is 2.07. The van der Waals surface area contributed by atoms with Gasteiger partial charge in [0, 0.05) is 0 Å². The maximum Gasteiger partial charge on any atom is 0.132 e. The molecule has 0 bridgehead atoms. The molecule has 0 aliphatic rings. The van der Waals surface area contributed by atoms with Crippen molar-refractivity contribution in [2.75, 3.05) is 0 Å². The number of aliphatic imine (C=N–C) groups is 1. The highest BCUT2D eigenvalue weighted by molar-refractivity contribution is 5.55. The molecule has 3 nitrogen and oxygen atoms in total. The molecular formula is C9H19N3. The second-order valence-corrected chi connectivity index (χ2v) is 4.80. The molecule has 0 saturated heterocycles. The monoisotopic (exact) mass is 169 g/mol. The summed E-state index contributed by atoms with van der Waals surface area (Å²) < 4.78 is 0. The van der Waals surface area contributed by atoms with Gasteiger partial charge in [0.15, 0.2) is 0 Å². The van der Waals surface area contributed by atoms with Crippen molar-refractivity contribution in [3.8, 4) is 0 Å². The van der Waals surface area contributed by atoms with Crippen LogP contribution in [0.3, 0.4) is 0 Å². The molecule has 0 aliphatic heterocycles. The zero-order chi connectivity index (χ0) is 9.83. The first-order chi connectivity index (χ1) is 5.21. The molecule has 3 heteroatoms. The van der Waals surface area contributed by atoms with E-state index in [2.05, 4.69) is 15.2 Å². The van der Waals surface area contributed by atoms with Gasteiger partial charge < -0.3 is 0 Å². The Labute approximate surface area is 75.0 Å². The van der Waals surface area contributed by atoms with E-state index in [1.165, 1.54) is 6.34 Å². The third kappa shape index (κ3) is 9.27. The average molecular weight is 169 g/mol. The Morgan fingerprint density at radius 3 is 1.67 bits per heavy atom. The number of hydrogen-bond acceptors (Lipinski definition) is 2. The van der Waals surface area contributed by atoms with Crippen LogP contribution < -0.4 is 0 Å². The van der Waals surface area contributed by atoms with Gasteiger partial charge in [-0.2, -0.15) is 5.11 Å². The van der Waals surface area contributed by atoms with Crippen LogP contribution in [-0.2, 0) is 0 Å². The zero-order valence-corrected chi connectivity index (χ0v) is 8.92. The van der Waals surface area contributed by atoms with Gasteiger partial charge in [-0.1, -0.05) is 0 Å². The fraction of sp³-hybridized carbons (Fsp3) is 0.889. The molecule has 0 aliphatic carbocycles. The van der Waals surface area contributed by atoms with Gasteiger partial charge in [-0.15, -0.1) is 5.11 Å². The van der Waals surface area contributed by atoms with Gasteiger partial charge in [0.05, 0.1) is 11.1 Å². The summed E-state index contributed by atoms with van der Waals surface area (Å²) in [5, 5.41) is 7.90. The Balaban J connectivity index is 4.00. The van der Waals surface area contributed by atoms with E-state index in [9.17, 15) is 0 Å². The SMILES string of the molecule is CC(C)(C)N=CN=NC(C)(C)C. The fourth-order valence-corrected chi connectivity index (χ4v) is 0.398. The van der Waals surface area contributed by atoms with Gasteiger partial charge in [0.2, 0.25) is 0 Å². The molecular weight excluding hydrogens is 150 g/mol. The topological polar surface area (TPSA) is 37.1 Å². The molecule has 0 saturated carbocycles. The lowest BCUT2D eigenvalue weighted by atomic mass is 10.1. The molecule has 0 spiro atoms. The normalized spacial score (nSPS) is 14.8. The van der Waals surface area contributed by atoms with E-state index in [-0.39, 0.29) is 11.1 Å². The van der Waals surface area contributed by atoms with Crippen LogP contribution in [0.15, 0.2) is 15.2 Å². The van der Waals surface area contributed by atoms with Crippen LogP contribution >= 0.6 is 0 Å². The lowest BCUT2D eigenvalue weighted by Gasteiger charge is -2.10. The number of rotatable bonds is 1. The first-order valence-electron chi connectivity index (χ1n) is 4.16. The molecule has 0 aromatic rings. The molecule has 0 aromatic carbocycles. The first kappa shape index (κ1) is 11.3. The standard InChI is InChI=1S/C9H19N3/c1-8(2,3)10-7-11-12-9(4,5)6/h7H,1-6H3. The van der Waals surface area contributed by atoms with Crippen LogP contribution in [0.25, 0.3) is 0 Å². The highest BCUT2D eigenvalue weighted by Gasteiger charge is 2.06. The van der Waals surface area contributed by atoms with Gasteiger partial charge in [0.1, 0.15) is 6.34 Å². The summed E-state index contributed by atoms with van der Waals surface area (Å²) in [6.07, 6.45) is 1.52. The van der Waals surface area contributed by atoms with E-state index in [1.54, 1.807) is 0 Å². The van der Waals surface area contributed by atoms with Crippen LogP contribution in [0.4, 0.5) is 0 Å². The summed E-state index contributed by atoms with van der Waals surface area (Å²) in [7, 11) is 0. The maximum absolute atomic E-state index is 4.17. The number of azo groups is 1. The van der Waals surface area contributed by atoms with Crippen LogP contribution in [0, 0.1) is 0 Å². The summed E-state index contributed by atoms with van der Waals surface area (Å²) in [6.45, 7) is 12.1. The van der Waals surface area contributed by atoms with Gasteiger partial charge in [-0.05, 0) is 41.5 Å². The minimum Gasteiger partial charge on any atom is -0.266 e. The molecule has 0 fully saturated rings. The quantitative estimate of drug-likeness (QED) is 0.329. The third-order valence-corrected chi connectivity index (χ3v) is 0.854. The lowest BCUT2D eigenvalue weighted by molar-refractivity contribution is 0.552. The van der Waals surface area contributed by atoms with Gasteiger partial charge >= 0.3 is 0 Å². The Morgan fingerprint density at radius 1 is 0.833 bits per heavy atom. The first-order valence-corrected chi connectivity index (χ1v) is 4.16. The molecule has 0 amide bonds. The molecule has 0 heterocycles.